The summed E-state index contributed by atoms with van der Waals surface area (Å²) in [5.74, 6) is -3.61. The van der Waals surface area contributed by atoms with Crippen LogP contribution in [0.15, 0.2) is 55.6 Å². The van der Waals surface area contributed by atoms with E-state index in [9.17, 15) is 24.3 Å². The van der Waals surface area contributed by atoms with Crippen LogP contribution < -0.4 is 5.32 Å². The fourth-order valence-electron chi connectivity index (χ4n) is 7.09. The van der Waals surface area contributed by atoms with Crippen molar-refractivity contribution in [3.63, 3.8) is 0 Å². The van der Waals surface area contributed by atoms with E-state index >= 15 is 0 Å². The molecule has 246 valence electrons. The molecule has 3 fully saturated rings. The molecule has 2 bridgehead atoms. The van der Waals surface area contributed by atoms with Crippen LogP contribution >= 0.6 is 15.9 Å². The summed E-state index contributed by atoms with van der Waals surface area (Å²) < 4.78 is 12.8. The minimum Gasteiger partial charge on any atom is -0.455 e. The van der Waals surface area contributed by atoms with Gasteiger partial charge >= 0.3 is 5.97 Å². The lowest BCUT2D eigenvalue weighted by molar-refractivity contribution is -0.162. The van der Waals surface area contributed by atoms with Crippen LogP contribution in [-0.2, 0) is 28.7 Å². The average molecular weight is 689 g/mol. The van der Waals surface area contributed by atoms with Crippen molar-refractivity contribution in [3.05, 3.63) is 61.2 Å². The number of nitrogens with one attached hydrogen (secondary N) is 1. The predicted octanol–water partition coefficient (Wildman–Crippen LogP) is 3.68. The van der Waals surface area contributed by atoms with Crippen molar-refractivity contribution in [2.24, 2.45) is 11.8 Å². The first kappa shape index (κ1) is 34.8. The third-order valence-electron chi connectivity index (χ3n) is 9.15. The fraction of sp³-hybridized carbons (Fsp3) is 0.588. The SMILES string of the molecule is C=CCCC(=O)N[C@@H](C)[C@H](OC(=O)[C@H]1[C@@H]2O[C@@]3(CC2Br)[C@@H]1C(=O)N([C@H](C)CO)[C@@H]3C(=O)N(CC=C)C(C)(C)C)c1ccccc1. The lowest BCUT2D eigenvalue weighted by Crippen LogP contribution is -2.61. The van der Waals surface area contributed by atoms with Gasteiger partial charge in [0.1, 0.15) is 17.7 Å². The van der Waals surface area contributed by atoms with E-state index in [2.05, 4.69) is 34.4 Å². The minimum absolute atomic E-state index is 0.203. The molecule has 45 heavy (non-hydrogen) atoms. The number of aliphatic hydroxyl groups is 1. The molecule has 1 aromatic carbocycles. The number of hydrogen-bond acceptors (Lipinski definition) is 7. The molecule has 0 aromatic heterocycles. The molecule has 4 rings (SSSR count). The minimum atomic E-state index is -1.31. The summed E-state index contributed by atoms with van der Waals surface area (Å²) in [6.45, 7) is 16.5. The summed E-state index contributed by atoms with van der Waals surface area (Å²) in [7, 11) is 0. The zero-order chi connectivity index (χ0) is 33.3. The van der Waals surface area contributed by atoms with E-state index in [1.165, 1.54) is 4.90 Å². The molecular weight excluding hydrogens is 642 g/mol. The molecule has 2 N–H and O–H groups in total. The first-order chi connectivity index (χ1) is 21.2. The number of allylic oxidation sites excluding steroid dienone is 1. The number of benzene rings is 1. The highest BCUT2D eigenvalue weighted by Crippen LogP contribution is 2.61. The molecule has 3 heterocycles. The van der Waals surface area contributed by atoms with Gasteiger partial charge in [-0.15, -0.1) is 13.2 Å². The average Bonchev–Trinajstić information content (AvgIpc) is 3.59. The van der Waals surface area contributed by atoms with Gasteiger partial charge in [0.25, 0.3) is 0 Å². The van der Waals surface area contributed by atoms with Gasteiger partial charge in [0.15, 0.2) is 0 Å². The Morgan fingerprint density at radius 1 is 1.22 bits per heavy atom. The molecule has 0 saturated carbocycles. The van der Waals surface area contributed by atoms with Gasteiger partial charge < -0.3 is 29.7 Å². The zero-order valence-corrected chi connectivity index (χ0v) is 28.4. The summed E-state index contributed by atoms with van der Waals surface area (Å²) in [5.41, 5.74) is -1.23. The van der Waals surface area contributed by atoms with Crippen molar-refractivity contribution in [3.8, 4) is 0 Å². The van der Waals surface area contributed by atoms with Crippen molar-refractivity contribution < 1.29 is 33.8 Å². The van der Waals surface area contributed by atoms with Gasteiger partial charge in [-0.25, -0.2) is 0 Å². The lowest BCUT2D eigenvalue weighted by Gasteiger charge is -2.43. The normalized spacial score (nSPS) is 29.0. The second-order valence-electron chi connectivity index (χ2n) is 13.3. The maximum absolute atomic E-state index is 14.4. The lowest BCUT2D eigenvalue weighted by atomic mass is 9.70. The van der Waals surface area contributed by atoms with Crippen molar-refractivity contribution >= 4 is 39.6 Å². The smallest absolute Gasteiger partial charge is 0.313 e. The number of carbonyl (C=O) groups is 4. The molecule has 1 aromatic rings. The number of rotatable bonds is 13. The second kappa shape index (κ2) is 13.8. The van der Waals surface area contributed by atoms with Crippen LogP contribution in [0.3, 0.4) is 0 Å². The number of nitrogens with zero attached hydrogens (tertiary/aromatic N) is 2. The zero-order valence-electron chi connectivity index (χ0n) is 26.8. The standard InChI is InChI=1S/C34H46BrN3O7/c1-8-10-16-24(40)36-21(4)27(22-14-12-11-13-15-22)44-32(43)25-26-30(41)38(20(3)19-39)29(34(26)18-23(35)28(25)45-34)31(42)37(17-9-2)33(5,6)7/h8-9,11-15,20-21,23,25-29,39H,1-2,10,16-19H2,3-7H3,(H,36,40)/t20-,21+,23?,25-,26+,27+,28-,29-,34+/m1/s1. The Kier molecular flexibility index (Phi) is 10.7. The van der Waals surface area contributed by atoms with Gasteiger partial charge in [0, 0.05) is 23.3 Å². The van der Waals surface area contributed by atoms with Crippen LogP contribution in [-0.4, -0.2) is 91.9 Å². The summed E-state index contributed by atoms with van der Waals surface area (Å²) in [6, 6.07) is 6.77. The molecule has 10 nitrogen and oxygen atoms in total. The predicted molar refractivity (Wildman–Crippen MR) is 173 cm³/mol. The summed E-state index contributed by atoms with van der Waals surface area (Å²) in [6.07, 6.45) is 2.82. The maximum atomic E-state index is 14.4. The Morgan fingerprint density at radius 3 is 2.47 bits per heavy atom. The maximum Gasteiger partial charge on any atom is 0.313 e. The first-order valence-electron chi connectivity index (χ1n) is 15.6. The van der Waals surface area contributed by atoms with Crippen LogP contribution in [0, 0.1) is 11.8 Å². The van der Waals surface area contributed by atoms with Crippen LogP contribution in [0.2, 0.25) is 0 Å². The van der Waals surface area contributed by atoms with E-state index in [0.29, 0.717) is 18.4 Å². The molecule has 3 aliphatic rings. The van der Waals surface area contributed by atoms with Gasteiger partial charge in [-0.1, -0.05) is 58.4 Å². The Labute approximate surface area is 274 Å². The molecule has 3 amide bonds. The van der Waals surface area contributed by atoms with E-state index in [4.69, 9.17) is 9.47 Å². The highest BCUT2D eigenvalue weighted by atomic mass is 79.9. The van der Waals surface area contributed by atoms with Crippen LogP contribution in [0.1, 0.15) is 65.5 Å². The van der Waals surface area contributed by atoms with E-state index in [1.54, 1.807) is 30.9 Å². The molecule has 1 spiro atoms. The van der Waals surface area contributed by atoms with Crippen molar-refractivity contribution in [1.82, 2.24) is 15.1 Å². The van der Waals surface area contributed by atoms with E-state index in [0.717, 1.165) is 0 Å². The van der Waals surface area contributed by atoms with Crippen molar-refractivity contribution in [2.75, 3.05) is 13.2 Å². The number of ether oxygens (including phenoxy) is 2. The Hall–Kier alpha value is -3.02. The number of hydrogen-bond donors (Lipinski definition) is 2. The molecule has 1 unspecified atom stereocenters. The Bertz CT molecular complexity index is 1300. The summed E-state index contributed by atoms with van der Waals surface area (Å²) >= 11 is 3.69. The van der Waals surface area contributed by atoms with E-state index in [1.807, 2.05) is 51.1 Å². The van der Waals surface area contributed by atoms with Gasteiger partial charge in [-0.3, -0.25) is 19.2 Å². The fourth-order valence-corrected chi connectivity index (χ4v) is 8.03. The number of amides is 3. The van der Waals surface area contributed by atoms with Gasteiger partial charge in [0.2, 0.25) is 17.7 Å². The largest absolute Gasteiger partial charge is 0.455 e. The topological polar surface area (TPSA) is 125 Å². The van der Waals surface area contributed by atoms with E-state index < -0.39 is 65.2 Å². The number of esters is 1. The number of halogens is 1. The van der Waals surface area contributed by atoms with Gasteiger partial charge in [-0.2, -0.15) is 0 Å². The van der Waals surface area contributed by atoms with Crippen LogP contribution in [0.5, 0.6) is 0 Å². The Balaban J connectivity index is 1.72. The third kappa shape index (κ3) is 6.49. The first-order valence-corrected chi connectivity index (χ1v) is 16.5. The van der Waals surface area contributed by atoms with Crippen molar-refractivity contribution in [1.29, 1.82) is 0 Å². The Morgan fingerprint density at radius 2 is 1.89 bits per heavy atom. The monoisotopic (exact) mass is 687 g/mol. The highest BCUT2D eigenvalue weighted by molar-refractivity contribution is 9.09. The molecule has 3 aliphatic heterocycles. The van der Waals surface area contributed by atoms with E-state index in [-0.39, 0.29) is 36.2 Å². The summed E-state index contributed by atoms with van der Waals surface area (Å²) in [4.78, 5) is 58.4. The van der Waals surface area contributed by atoms with Gasteiger partial charge in [0.05, 0.1) is 36.6 Å². The van der Waals surface area contributed by atoms with Crippen molar-refractivity contribution in [2.45, 2.75) is 100 Å². The number of fused-ring (bicyclic) bond motifs is 1. The molecule has 0 radical (unpaired) electrons. The third-order valence-corrected chi connectivity index (χ3v) is 9.99. The molecule has 11 heteroatoms. The van der Waals surface area contributed by atoms with Crippen LogP contribution in [0.25, 0.3) is 0 Å². The van der Waals surface area contributed by atoms with Gasteiger partial charge in [-0.05, 0) is 53.0 Å². The number of likely N-dealkylation sites (tertiary alicyclic amines) is 1. The molecule has 9 atom stereocenters. The molecule has 0 aliphatic carbocycles. The number of carbonyl (C=O) groups excluding carboxylic acids is 4. The molecule has 3 saturated heterocycles. The highest BCUT2D eigenvalue weighted by Gasteiger charge is 2.77. The van der Waals surface area contributed by atoms with Crippen LogP contribution in [0.4, 0.5) is 0 Å². The number of aliphatic hydroxyl groups excluding tert-OH is 1. The summed E-state index contributed by atoms with van der Waals surface area (Å²) in [5, 5.41) is 13.1. The quantitative estimate of drug-likeness (QED) is 0.184. The second-order valence-corrected chi connectivity index (χ2v) is 14.5. The molecular formula is C34H46BrN3O7. The number of alkyl halides is 1.